The fraction of sp³-hybridized carbons (Fsp3) is 0.111. The van der Waals surface area contributed by atoms with Crippen molar-refractivity contribution in [2.45, 2.75) is 6.92 Å². The third kappa shape index (κ3) is 4.13. The first-order valence-corrected chi connectivity index (χ1v) is 7.20. The standard InChI is InChI=1S/C18H19N3O3/c1-11(17(23)21-18(19)20)9-13-5-8-15(24-2)10-16(13)12-3-6-14(22)7-4-12/h3-10,22H,1-2H3,(H4,19,20,21,23). The zero-order valence-electron chi connectivity index (χ0n) is 13.5. The van der Waals surface area contributed by atoms with Gasteiger partial charge in [-0.2, -0.15) is 4.99 Å². The van der Waals surface area contributed by atoms with Crippen LogP contribution in [0.4, 0.5) is 0 Å². The Labute approximate surface area is 140 Å². The molecule has 0 unspecified atom stereocenters. The minimum atomic E-state index is -0.498. The lowest BCUT2D eigenvalue weighted by Gasteiger charge is -2.10. The van der Waals surface area contributed by atoms with Gasteiger partial charge < -0.3 is 21.3 Å². The first-order valence-electron chi connectivity index (χ1n) is 7.20. The number of amides is 1. The Kier molecular flexibility index (Phi) is 5.21. The Morgan fingerprint density at radius 2 is 1.83 bits per heavy atom. The molecule has 0 aliphatic rings. The largest absolute Gasteiger partial charge is 0.508 e. The van der Waals surface area contributed by atoms with Gasteiger partial charge in [-0.25, -0.2) is 0 Å². The molecule has 2 aromatic rings. The molecule has 0 spiro atoms. The highest BCUT2D eigenvalue weighted by Gasteiger charge is 2.09. The van der Waals surface area contributed by atoms with E-state index in [9.17, 15) is 9.90 Å². The molecule has 124 valence electrons. The van der Waals surface area contributed by atoms with E-state index in [-0.39, 0.29) is 11.7 Å². The monoisotopic (exact) mass is 325 g/mol. The summed E-state index contributed by atoms with van der Waals surface area (Å²) in [5.41, 5.74) is 13.4. The molecule has 0 fully saturated rings. The van der Waals surface area contributed by atoms with Crippen LogP contribution < -0.4 is 16.2 Å². The fourth-order valence-corrected chi connectivity index (χ4v) is 2.18. The van der Waals surface area contributed by atoms with Crippen LogP contribution in [0.3, 0.4) is 0 Å². The number of nitrogens with two attached hydrogens (primary N) is 2. The average Bonchev–Trinajstić information content (AvgIpc) is 2.55. The van der Waals surface area contributed by atoms with E-state index in [1.54, 1.807) is 50.4 Å². The molecule has 2 rings (SSSR count). The number of carbonyl (C=O) groups excluding carboxylic acids is 1. The lowest BCUT2D eigenvalue weighted by atomic mass is 9.97. The maximum Gasteiger partial charge on any atom is 0.275 e. The molecule has 5 N–H and O–H groups in total. The maximum absolute atomic E-state index is 11.9. The zero-order valence-corrected chi connectivity index (χ0v) is 13.5. The molecule has 1 amide bonds. The number of aromatic hydroxyl groups is 1. The predicted molar refractivity (Wildman–Crippen MR) is 94.6 cm³/mol. The van der Waals surface area contributed by atoms with Crippen LogP contribution in [-0.2, 0) is 4.79 Å². The summed E-state index contributed by atoms with van der Waals surface area (Å²) in [6, 6.07) is 12.3. The van der Waals surface area contributed by atoms with Gasteiger partial charge in [0.05, 0.1) is 7.11 Å². The smallest absolute Gasteiger partial charge is 0.275 e. The van der Waals surface area contributed by atoms with Gasteiger partial charge >= 0.3 is 0 Å². The van der Waals surface area contributed by atoms with Gasteiger partial charge in [-0.05, 0) is 54.0 Å². The molecule has 2 aromatic carbocycles. The summed E-state index contributed by atoms with van der Waals surface area (Å²) in [4.78, 5) is 15.4. The Balaban J connectivity index is 2.52. The molecular formula is C18H19N3O3. The van der Waals surface area contributed by atoms with Crippen molar-refractivity contribution in [3.63, 3.8) is 0 Å². The Bertz CT molecular complexity index is 805. The molecule has 0 saturated carbocycles. The summed E-state index contributed by atoms with van der Waals surface area (Å²) in [5, 5.41) is 9.46. The summed E-state index contributed by atoms with van der Waals surface area (Å²) < 4.78 is 5.27. The number of aliphatic imine (C=N–C) groups is 1. The van der Waals surface area contributed by atoms with Gasteiger partial charge in [0.2, 0.25) is 0 Å². The number of phenols is 1. The van der Waals surface area contributed by atoms with Crippen molar-refractivity contribution in [2.24, 2.45) is 16.5 Å². The van der Waals surface area contributed by atoms with Gasteiger partial charge in [-0.3, -0.25) is 4.79 Å². The molecule has 0 aliphatic carbocycles. The molecular weight excluding hydrogens is 306 g/mol. The minimum Gasteiger partial charge on any atom is -0.508 e. The Morgan fingerprint density at radius 3 is 2.42 bits per heavy atom. The normalized spacial score (nSPS) is 11.0. The quantitative estimate of drug-likeness (QED) is 0.453. The van der Waals surface area contributed by atoms with Gasteiger partial charge in [0.25, 0.3) is 5.91 Å². The van der Waals surface area contributed by atoms with Crippen LogP contribution >= 0.6 is 0 Å². The van der Waals surface area contributed by atoms with Gasteiger partial charge in [-0.15, -0.1) is 0 Å². The number of hydrogen-bond acceptors (Lipinski definition) is 3. The number of guanidine groups is 1. The molecule has 0 saturated heterocycles. The highest BCUT2D eigenvalue weighted by Crippen LogP contribution is 2.30. The van der Waals surface area contributed by atoms with E-state index >= 15 is 0 Å². The SMILES string of the molecule is COc1ccc(C=C(C)C(=O)N=C(N)N)c(-c2ccc(O)cc2)c1. The molecule has 6 nitrogen and oxygen atoms in total. The van der Waals surface area contributed by atoms with E-state index in [1.807, 2.05) is 12.1 Å². The molecule has 0 heterocycles. The molecule has 0 radical (unpaired) electrons. The van der Waals surface area contributed by atoms with E-state index in [1.165, 1.54) is 0 Å². The van der Waals surface area contributed by atoms with Crippen LogP contribution in [0.15, 0.2) is 53.0 Å². The third-order valence-electron chi connectivity index (χ3n) is 3.38. The van der Waals surface area contributed by atoms with E-state index in [4.69, 9.17) is 16.2 Å². The van der Waals surface area contributed by atoms with Crippen molar-refractivity contribution in [1.29, 1.82) is 0 Å². The average molecular weight is 325 g/mol. The Hall–Kier alpha value is -3.28. The van der Waals surface area contributed by atoms with Crippen molar-refractivity contribution in [3.05, 3.63) is 53.6 Å². The predicted octanol–water partition coefficient (Wildman–Crippen LogP) is 2.27. The molecule has 0 aliphatic heterocycles. The number of methoxy groups -OCH3 is 1. The zero-order chi connectivity index (χ0) is 17.7. The third-order valence-corrected chi connectivity index (χ3v) is 3.38. The van der Waals surface area contributed by atoms with Gasteiger partial charge in [0.1, 0.15) is 11.5 Å². The summed E-state index contributed by atoms with van der Waals surface area (Å²) in [5.74, 6) is 0.0880. The Morgan fingerprint density at radius 1 is 1.17 bits per heavy atom. The highest BCUT2D eigenvalue weighted by molar-refractivity contribution is 6.04. The van der Waals surface area contributed by atoms with Crippen LogP contribution in [0.1, 0.15) is 12.5 Å². The molecule has 6 heteroatoms. The van der Waals surface area contributed by atoms with Crippen LogP contribution in [0.2, 0.25) is 0 Å². The number of benzene rings is 2. The lowest BCUT2D eigenvalue weighted by molar-refractivity contribution is -0.114. The van der Waals surface area contributed by atoms with Gasteiger partial charge in [0.15, 0.2) is 5.96 Å². The summed E-state index contributed by atoms with van der Waals surface area (Å²) >= 11 is 0. The van der Waals surface area contributed by atoms with E-state index in [2.05, 4.69) is 4.99 Å². The number of rotatable bonds is 4. The van der Waals surface area contributed by atoms with Crippen molar-refractivity contribution >= 4 is 17.9 Å². The van der Waals surface area contributed by atoms with Gasteiger partial charge in [0, 0.05) is 5.57 Å². The minimum absolute atomic E-state index is 0.179. The number of phenolic OH excluding ortho intramolecular Hbond substituents is 1. The molecule has 0 atom stereocenters. The maximum atomic E-state index is 11.9. The molecule has 0 bridgehead atoms. The van der Waals surface area contributed by atoms with Crippen molar-refractivity contribution in [2.75, 3.05) is 7.11 Å². The second-order valence-corrected chi connectivity index (χ2v) is 5.17. The van der Waals surface area contributed by atoms with Crippen LogP contribution in [0.5, 0.6) is 11.5 Å². The van der Waals surface area contributed by atoms with Crippen LogP contribution in [-0.4, -0.2) is 24.1 Å². The summed E-state index contributed by atoms with van der Waals surface area (Å²) in [6.07, 6.45) is 1.70. The second-order valence-electron chi connectivity index (χ2n) is 5.17. The van der Waals surface area contributed by atoms with E-state index in [0.29, 0.717) is 11.3 Å². The summed E-state index contributed by atoms with van der Waals surface area (Å²) in [7, 11) is 1.58. The highest BCUT2D eigenvalue weighted by atomic mass is 16.5. The number of nitrogens with zero attached hydrogens (tertiary/aromatic N) is 1. The van der Waals surface area contributed by atoms with Crippen LogP contribution in [0, 0.1) is 0 Å². The van der Waals surface area contributed by atoms with Crippen molar-refractivity contribution in [3.8, 4) is 22.6 Å². The summed E-state index contributed by atoms with van der Waals surface area (Å²) in [6.45, 7) is 1.64. The second kappa shape index (κ2) is 7.32. The first-order chi connectivity index (χ1) is 11.4. The number of carbonyl (C=O) groups is 1. The van der Waals surface area contributed by atoms with Crippen molar-refractivity contribution < 1.29 is 14.6 Å². The van der Waals surface area contributed by atoms with E-state index < -0.39 is 5.91 Å². The van der Waals surface area contributed by atoms with E-state index in [0.717, 1.165) is 16.7 Å². The fourth-order valence-electron chi connectivity index (χ4n) is 2.18. The lowest BCUT2D eigenvalue weighted by Crippen LogP contribution is -2.24. The van der Waals surface area contributed by atoms with Crippen molar-refractivity contribution in [1.82, 2.24) is 0 Å². The molecule has 24 heavy (non-hydrogen) atoms. The number of hydrogen-bond donors (Lipinski definition) is 3. The van der Waals surface area contributed by atoms with Crippen LogP contribution in [0.25, 0.3) is 17.2 Å². The molecule has 0 aromatic heterocycles. The first kappa shape index (κ1) is 17.1. The number of ether oxygens (including phenoxy) is 1. The topological polar surface area (TPSA) is 111 Å². The van der Waals surface area contributed by atoms with Gasteiger partial charge in [-0.1, -0.05) is 18.2 Å².